The standard InChI is InChI=1S/C13H13F4NO3S/c14-13(15,16)12(10-4-2-1-3-5-10)18-7-9(6-11(18)19)8-22(17,20)21/h1-5,9,12H,6-8H2. The molecule has 0 radical (unpaired) electrons. The molecule has 22 heavy (non-hydrogen) atoms. The number of likely N-dealkylation sites (tertiary alicyclic amines) is 1. The normalized spacial score (nSPS) is 21.2. The second-order valence-electron chi connectivity index (χ2n) is 5.18. The molecule has 1 saturated heterocycles. The van der Waals surface area contributed by atoms with E-state index in [4.69, 9.17) is 0 Å². The van der Waals surface area contributed by atoms with Crippen LogP contribution in [0.5, 0.6) is 0 Å². The van der Waals surface area contributed by atoms with Crippen molar-refractivity contribution in [1.29, 1.82) is 0 Å². The van der Waals surface area contributed by atoms with Gasteiger partial charge in [-0.05, 0) is 5.56 Å². The maximum absolute atomic E-state index is 13.3. The molecule has 1 aromatic carbocycles. The zero-order chi connectivity index (χ0) is 16.5. The molecule has 0 saturated carbocycles. The van der Waals surface area contributed by atoms with Gasteiger partial charge in [0.2, 0.25) is 5.91 Å². The summed E-state index contributed by atoms with van der Waals surface area (Å²) in [5.41, 5.74) is -0.118. The van der Waals surface area contributed by atoms with E-state index in [1.807, 2.05) is 0 Å². The summed E-state index contributed by atoms with van der Waals surface area (Å²) in [7, 11) is -4.84. The van der Waals surface area contributed by atoms with Gasteiger partial charge in [0, 0.05) is 18.9 Å². The van der Waals surface area contributed by atoms with E-state index in [-0.39, 0.29) is 5.56 Å². The summed E-state index contributed by atoms with van der Waals surface area (Å²) in [6.45, 7) is -0.443. The summed E-state index contributed by atoms with van der Waals surface area (Å²) in [6.07, 6.45) is -5.12. The van der Waals surface area contributed by atoms with Crippen LogP contribution in [0.4, 0.5) is 17.1 Å². The minimum atomic E-state index is -4.84. The summed E-state index contributed by atoms with van der Waals surface area (Å²) in [6, 6.07) is 4.70. The van der Waals surface area contributed by atoms with Crippen molar-refractivity contribution in [2.24, 2.45) is 5.92 Å². The summed E-state index contributed by atoms with van der Waals surface area (Å²) in [5.74, 6) is -2.76. The first-order chi connectivity index (χ1) is 10.1. The van der Waals surface area contributed by atoms with Crippen LogP contribution in [0.3, 0.4) is 0 Å². The molecule has 1 amide bonds. The van der Waals surface area contributed by atoms with Crippen molar-refractivity contribution in [1.82, 2.24) is 4.90 Å². The molecule has 1 aliphatic heterocycles. The van der Waals surface area contributed by atoms with Gasteiger partial charge in [-0.1, -0.05) is 30.3 Å². The van der Waals surface area contributed by atoms with Gasteiger partial charge < -0.3 is 4.90 Å². The number of carbonyl (C=O) groups is 1. The van der Waals surface area contributed by atoms with Crippen LogP contribution >= 0.6 is 0 Å². The van der Waals surface area contributed by atoms with Crippen molar-refractivity contribution in [2.75, 3.05) is 12.3 Å². The third-order valence-corrected chi connectivity index (χ3v) is 4.28. The third kappa shape index (κ3) is 3.96. The molecule has 1 aromatic rings. The molecule has 0 N–H and O–H groups in total. The summed E-state index contributed by atoms with van der Waals surface area (Å²) < 4.78 is 73.8. The predicted molar refractivity (Wildman–Crippen MR) is 70.0 cm³/mol. The van der Waals surface area contributed by atoms with Gasteiger partial charge in [-0.2, -0.15) is 21.6 Å². The Hall–Kier alpha value is -1.64. The van der Waals surface area contributed by atoms with Gasteiger partial charge in [0.05, 0.1) is 5.75 Å². The fourth-order valence-electron chi connectivity index (χ4n) is 2.63. The summed E-state index contributed by atoms with van der Waals surface area (Å²) >= 11 is 0. The molecule has 0 spiro atoms. The van der Waals surface area contributed by atoms with Gasteiger partial charge in [0.1, 0.15) is 0 Å². The minimum Gasteiger partial charge on any atom is -0.326 e. The summed E-state index contributed by atoms with van der Waals surface area (Å²) in [5, 5.41) is 0. The lowest BCUT2D eigenvalue weighted by molar-refractivity contribution is -0.189. The van der Waals surface area contributed by atoms with Gasteiger partial charge in [0.15, 0.2) is 6.04 Å². The smallest absolute Gasteiger partial charge is 0.326 e. The molecule has 122 valence electrons. The van der Waals surface area contributed by atoms with Crippen LogP contribution in [0.25, 0.3) is 0 Å². The number of hydrogen-bond donors (Lipinski definition) is 0. The largest absolute Gasteiger partial charge is 0.413 e. The molecular formula is C13H13F4NO3S. The SMILES string of the molecule is O=C1CC(CS(=O)(=O)F)CN1C(c1ccccc1)C(F)(F)F. The van der Waals surface area contributed by atoms with E-state index in [2.05, 4.69) is 0 Å². The van der Waals surface area contributed by atoms with Gasteiger partial charge in [-0.25, -0.2) is 0 Å². The van der Waals surface area contributed by atoms with E-state index >= 15 is 0 Å². The molecule has 1 heterocycles. The number of rotatable bonds is 4. The number of nitrogens with zero attached hydrogens (tertiary/aromatic N) is 1. The molecular weight excluding hydrogens is 326 g/mol. The van der Waals surface area contributed by atoms with Gasteiger partial charge >= 0.3 is 16.4 Å². The Balaban J connectivity index is 2.28. The second-order valence-corrected chi connectivity index (χ2v) is 6.59. The zero-order valence-electron chi connectivity index (χ0n) is 11.3. The molecule has 2 unspecified atom stereocenters. The number of hydrogen-bond acceptors (Lipinski definition) is 3. The first-order valence-corrected chi connectivity index (χ1v) is 7.96. The maximum atomic E-state index is 13.3. The topological polar surface area (TPSA) is 54.5 Å². The first kappa shape index (κ1) is 16.7. The maximum Gasteiger partial charge on any atom is 0.413 e. The molecule has 0 aromatic heterocycles. The van der Waals surface area contributed by atoms with Crippen molar-refractivity contribution in [2.45, 2.75) is 18.6 Å². The van der Waals surface area contributed by atoms with E-state index < -0.39 is 53.0 Å². The number of carbonyl (C=O) groups excluding carboxylic acids is 1. The highest BCUT2D eigenvalue weighted by atomic mass is 32.3. The summed E-state index contributed by atoms with van der Waals surface area (Å²) in [4.78, 5) is 12.4. The highest BCUT2D eigenvalue weighted by molar-refractivity contribution is 7.86. The molecule has 1 aliphatic rings. The van der Waals surface area contributed by atoms with Crippen molar-refractivity contribution in [3.63, 3.8) is 0 Å². The zero-order valence-corrected chi connectivity index (χ0v) is 12.1. The Morgan fingerprint density at radius 2 is 1.82 bits per heavy atom. The molecule has 2 rings (SSSR count). The van der Waals surface area contributed by atoms with Crippen LogP contribution in [0.1, 0.15) is 18.0 Å². The number of halogens is 4. The fraction of sp³-hybridized carbons (Fsp3) is 0.462. The van der Waals surface area contributed by atoms with Crippen LogP contribution in [0.15, 0.2) is 30.3 Å². The molecule has 4 nitrogen and oxygen atoms in total. The quantitative estimate of drug-likeness (QED) is 0.625. The predicted octanol–water partition coefficient (Wildman–Crippen LogP) is 2.44. The Bertz CT molecular complexity index is 645. The number of alkyl halides is 3. The Kier molecular flexibility index (Phi) is 4.46. The Morgan fingerprint density at radius 1 is 1.23 bits per heavy atom. The first-order valence-electron chi connectivity index (χ1n) is 6.41. The average molecular weight is 339 g/mol. The van der Waals surface area contributed by atoms with Crippen molar-refractivity contribution in [3.8, 4) is 0 Å². The second kappa shape index (κ2) is 5.86. The van der Waals surface area contributed by atoms with Crippen LogP contribution in [-0.4, -0.2) is 37.7 Å². The number of benzene rings is 1. The Labute approximate surface area is 124 Å². The van der Waals surface area contributed by atoms with E-state index in [0.29, 0.717) is 4.90 Å². The molecule has 9 heteroatoms. The number of amides is 1. The lowest BCUT2D eigenvalue weighted by Gasteiger charge is -2.30. The third-order valence-electron chi connectivity index (χ3n) is 3.41. The van der Waals surface area contributed by atoms with Crippen LogP contribution in [0, 0.1) is 5.92 Å². The van der Waals surface area contributed by atoms with Crippen molar-refractivity contribution < 1.29 is 30.3 Å². The molecule has 1 fully saturated rings. The lowest BCUT2D eigenvalue weighted by Crippen LogP contribution is -2.39. The van der Waals surface area contributed by atoms with Crippen LogP contribution in [0.2, 0.25) is 0 Å². The van der Waals surface area contributed by atoms with Crippen molar-refractivity contribution in [3.05, 3.63) is 35.9 Å². The molecule has 0 bridgehead atoms. The van der Waals surface area contributed by atoms with E-state index in [0.717, 1.165) is 0 Å². The Morgan fingerprint density at radius 3 is 2.32 bits per heavy atom. The minimum absolute atomic E-state index is 0.118. The van der Waals surface area contributed by atoms with E-state index in [1.54, 1.807) is 6.07 Å². The van der Waals surface area contributed by atoms with E-state index in [1.165, 1.54) is 24.3 Å². The lowest BCUT2D eigenvalue weighted by atomic mass is 10.1. The van der Waals surface area contributed by atoms with Crippen molar-refractivity contribution >= 4 is 16.1 Å². The van der Waals surface area contributed by atoms with Gasteiger partial charge in [-0.3, -0.25) is 4.79 Å². The van der Waals surface area contributed by atoms with Crippen LogP contribution < -0.4 is 0 Å². The van der Waals surface area contributed by atoms with E-state index in [9.17, 15) is 30.3 Å². The fourth-order valence-corrected chi connectivity index (χ4v) is 3.42. The molecule has 2 atom stereocenters. The highest BCUT2D eigenvalue weighted by Gasteiger charge is 2.49. The monoisotopic (exact) mass is 339 g/mol. The highest BCUT2D eigenvalue weighted by Crippen LogP contribution is 2.40. The average Bonchev–Trinajstić information content (AvgIpc) is 2.67. The molecule has 0 aliphatic carbocycles. The van der Waals surface area contributed by atoms with Gasteiger partial charge in [0.25, 0.3) is 0 Å². The van der Waals surface area contributed by atoms with Crippen LogP contribution in [-0.2, 0) is 15.0 Å². The van der Waals surface area contributed by atoms with Gasteiger partial charge in [-0.15, -0.1) is 3.89 Å².